The molecular weight excluding hydrogens is 682 g/mol. The molecule has 0 aromatic heterocycles. The predicted octanol–water partition coefficient (Wildman–Crippen LogP) is 6.24. The van der Waals surface area contributed by atoms with Crippen molar-refractivity contribution < 1.29 is 47.7 Å². The number of amides is 3. The molecular formula is C40H57N3O10. The molecule has 2 unspecified atom stereocenters. The molecule has 3 amide bonds. The Morgan fingerprint density at radius 1 is 0.585 bits per heavy atom. The number of methoxy groups -OCH3 is 2. The summed E-state index contributed by atoms with van der Waals surface area (Å²) < 4.78 is 20.1. The van der Waals surface area contributed by atoms with E-state index in [0.29, 0.717) is 30.8 Å². The van der Waals surface area contributed by atoms with Gasteiger partial charge >= 0.3 is 24.0 Å². The van der Waals surface area contributed by atoms with Crippen molar-refractivity contribution in [3.63, 3.8) is 0 Å². The van der Waals surface area contributed by atoms with E-state index in [9.17, 15) is 28.8 Å². The lowest BCUT2D eigenvalue weighted by Crippen LogP contribution is -2.62. The first-order chi connectivity index (χ1) is 24.8. The lowest BCUT2D eigenvalue weighted by molar-refractivity contribution is -0.181. The van der Waals surface area contributed by atoms with E-state index in [1.807, 2.05) is 39.8 Å². The lowest BCUT2D eigenvalue weighted by Gasteiger charge is -2.46. The van der Waals surface area contributed by atoms with Crippen LogP contribution in [0, 0.1) is 23.7 Å². The third kappa shape index (κ3) is 14.5. The summed E-state index contributed by atoms with van der Waals surface area (Å²) in [5.74, 6) is -7.56. The van der Waals surface area contributed by atoms with Crippen molar-refractivity contribution in [3.05, 3.63) is 59.7 Å². The molecule has 2 aromatic carbocycles. The smallest absolute Gasteiger partial charge is 0.407 e. The van der Waals surface area contributed by atoms with Gasteiger partial charge in [-0.05, 0) is 96.2 Å². The lowest BCUT2D eigenvalue weighted by atomic mass is 9.55. The molecule has 292 valence electrons. The molecule has 13 nitrogen and oxygen atoms in total. The first-order valence-corrected chi connectivity index (χ1v) is 18.0. The first kappa shape index (κ1) is 44.2. The maximum Gasteiger partial charge on any atom is 0.407 e. The van der Waals surface area contributed by atoms with Crippen molar-refractivity contribution >= 4 is 47.2 Å². The third-order valence-electron chi connectivity index (χ3n) is 8.04. The second-order valence-corrected chi connectivity index (χ2v) is 14.8. The predicted molar refractivity (Wildman–Crippen MR) is 201 cm³/mol. The van der Waals surface area contributed by atoms with Gasteiger partial charge in [0.1, 0.15) is 11.2 Å². The highest BCUT2D eigenvalue weighted by Gasteiger charge is 2.64. The SMILES string of the molecule is CCCC(=O)OC(C)(C)C.CCCc1ccc(NC(=O)C2C(C(=O)OC)C(C(=O)Nc3ccc(CCNC(=O)OC(C)(C)C)cc3)C2C(=O)OC)cc1. The molecule has 2 aromatic rings. The van der Waals surface area contributed by atoms with Crippen LogP contribution in [0.2, 0.25) is 0 Å². The zero-order valence-corrected chi connectivity index (χ0v) is 32.8. The number of hydrogen-bond donors (Lipinski definition) is 3. The van der Waals surface area contributed by atoms with Crippen molar-refractivity contribution in [1.29, 1.82) is 0 Å². The van der Waals surface area contributed by atoms with E-state index >= 15 is 0 Å². The van der Waals surface area contributed by atoms with Crippen LogP contribution in [0.1, 0.15) is 85.8 Å². The van der Waals surface area contributed by atoms with E-state index in [1.54, 1.807) is 57.2 Å². The first-order valence-electron chi connectivity index (χ1n) is 18.0. The number of anilines is 2. The van der Waals surface area contributed by atoms with Gasteiger partial charge in [-0.3, -0.25) is 24.0 Å². The van der Waals surface area contributed by atoms with E-state index < -0.39 is 59.1 Å². The average molecular weight is 740 g/mol. The summed E-state index contributed by atoms with van der Waals surface area (Å²) in [7, 11) is 2.33. The molecule has 1 fully saturated rings. The number of ether oxygens (including phenoxy) is 4. The minimum Gasteiger partial charge on any atom is -0.469 e. The second-order valence-electron chi connectivity index (χ2n) is 14.8. The number of rotatable bonds is 13. The number of benzene rings is 2. The average Bonchev–Trinajstić information content (AvgIpc) is 3.04. The Balaban J connectivity index is 0.000000848. The summed E-state index contributed by atoms with van der Waals surface area (Å²) in [4.78, 5) is 75.0. The molecule has 0 aliphatic heterocycles. The van der Waals surface area contributed by atoms with Gasteiger partial charge in [0, 0.05) is 24.3 Å². The largest absolute Gasteiger partial charge is 0.469 e. The molecule has 3 N–H and O–H groups in total. The fraction of sp³-hybridized carbons (Fsp3) is 0.550. The fourth-order valence-corrected chi connectivity index (χ4v) is 5.73. The van der Waals surface area contributed by atoms with Crippen molar-refractivity contribution in [3.8, 4) is 0 Å². The molecule has 0 heterocycles. The van der Waals surface area contributed by atoms with Crippen molar-refractivity contribution in [2.75, 3.05) is 31.4 Å². The van der Waals surface area contributed by atoms with Crippen molar-refractivity contribution in [2.24, 2.45) is 23.7 Å². The van der Waals surface area contributed by atoms with Crippen LogP contribution in [0.4, 0.5) is 16.2 Å². The number of esters is 3. The van der Waals surface area contributed by atoms with Gasteiger partial charge in [-0.15, -0.1) is 0 Å². The zero-order valence-electron chi connectivity index (χ0n) is 32.8. The van der Waals surface area contributed by atoms with Gasteiger partial charge < -0.3 is 34.9 Å². The van der Waals surface area contributed by atoms with Crippen LogP contribution in [-0.4, -0.2) is 67.8 Å². The molecule has 3 rings (SSSR count). The molecule has 2 atom stereocenters. The summed E-state index contributed by atoms with van der Waals surface area (Å²) >= 11 is 0. The second kappa shape index (κ2) is 20.3. The number of hydrogen-bond acceptors (Lipinski definition) is 10. The Hall–Kier alpha value is -4.94. The Morgan fingerprint density at radius 3 is 1.36 bits per heavy atom. The van der Waals surface area contributed by atoms with Crippen LogP contribution in [0.25, 0.3) is 0 Å². The highest BCUT2D eigenvalue weighted by Crippen LogP contribution is 2.49. The van der Waals surface area contributed by atoms with Crippen LogP contribution >= 0.6 is 0 Å². The zero-order chi connectivity index (χ0) is 39.9. The molecule has 1 aliphatic carbocycles. The van der Waals surface area contributed by atoms with Crippen LogP contribution in [0.3, 0.4) is 0 Å². The van der Waals surface area contributed by atoms with Gasteiger partial charge in [0.2, 0.25) is 11.8 Å². The Labute approximate surface area is 313 Å². The molecule has 0 radical (unpaired) electrons. The van der Waals surface area contributed by atoms with Crippen LogP contribution in [0.5, 0.6) is 0 Å². The summed E-state index contributed by atoms with van der Waals surface area (Å²) in [6.07, 6.45) is 3.29. The number of carbonyl (C=O) groups is 6. The quantitative estimate of drug-likeness (QED) is 0.158. The van der Waals surface area contributed by atoms with Gasteiger partial charge in [0.05, 0.1) is 37.9 Å². The molecule has 53 heavy (non-hydrogen) atoms. The third-order valence-corrected chi connectivity index (χ3v) is 8.04. The number of aryl methyl sites for hydroxylation is 1. The maximum atomic E-state index is 13.4. The van der Waals surface area contributed by atoms with E-state index in [4.69, 9.17) is 18.9 Å². The summed E-state index contributed by atoms with van der Waals surface area (Å²) in [6.45, 7) is 15.4. The molecule has 0 spiro atoms. The van der Waals surface area contributed by atoms with E-state index in [1.165, 1.54) is 14.2 Å². The molecule has 1 saturated carbocycles. The Bertz CT molecular complexity index is 1520. The highest BCUT2D eigenvalue weighted by molar-refractivity contribution is 6.06. The standard InChI is InChI=1S/C32H41N3O8.C8H16O2/c1-7-8-19-9-13-21(14-10-19)34-27(36)23-25(29(38)41-5)24(26(23)30(39)42-6)28(37)35-22-15-11-20(12-16-22)17-18-33-31(40)43-32(2,3)4;1-5-6-7(9)10-8(2,3)4/h9-16,23-26H,7-8,17-18H2,1-6H3,(H,33,40)(H,34,36)(H,35,37);5-6H2,1-4H3. The molecule has 13 heteroatoms. The summed E-state index contributed by atoms with van der Waals surface area (Å²) in [6, 6.07) is 14.2. The molecule has 1 aliphatic rings. The van der Waals surface area contributed by atoms with E-state index in [2.05, 4.69) is 22.9 Å². The maximum absolute atomic E-state index is 13.4. The number of alkyl carbamates (subject to hydrolysis) is 1. The minimum absolute atomic E-state index is 0.102. The topological polar surface area (TPSA) is 175 Å². The van der Waals surface area contributed by atoms with Gasteiger partial charge in [-0.25, -0.2) is 4.79 Å². The molecule has 0 saturated heterocycles. The highest BCUT2D eigenvalue weighted by atomic mass is 16.6. The van der Waals surface area contributed by atoms with Crippen molar-refractivity contribution in [1.82, 2.24) is 5.32 Å². The number of carbonyl (C=O) groups excluding carboxylic acids is 6. The van der Waals surface area contributed by atoms with Gasteiger partial charge in [0.25, 0.3) is 0 Å². The monoisotopic (exact) mass is 739 g/mol. The molecule has 0 bridgehead atoms. The summed E-state index contributed by atoms with van der Waals surface area (Å²) in [5.41, 5.74) is 2.04. The van der Waals surface area contributed by atoms with Crippen LogP contribution < -0.4 is 16.0 Å². The van der Waals surface area contributed by atoms with Crippen LogP contribution in [-0.2, 0) is 55.8 Å². The normalized spacial score (nSPS) is 17.8. The van der Waals surface area contributed by atoms with Gasteiger partial charge in [-0.2, -0.15) is 0 Å². The summed E-state index contributed by atoms with van der Waals surface area (Å²) in [5, 5.41) is 8.19. The minimum atomic E-state index is -1.19. The van der Waals surface area contributed by atoms with Crippen LogP contribution in [0.15, 0.2) is 48.5 Å². The van der Waals surface area contributed by atoms with E-state index in [0.717, 1.165) is 30.4 Å². The van der Waals surface area contributed by atoms with Gasteiger partial charge in [-0.1, -0.05) is 44.5 Å². The van der Waals surface area contributed by atoms with Gasteiger partial charge in [0.15, 0.2) is 0 Å². The Kier molecular flexibility index (Phi) is 17.0. The van der Waals surface area contributed by atoms with Crippen molar-refractivity contribution in [2.45, 2.75) is 98.7 Å². The number of nitrogens with one attached hydrogen (secondary N) is 3. The van der Waals surface area contributed by atoms with E-state index in [-0.39, 0.29) is 11.6 Å². The fourth-order valence-electron chi connectivity index (χ4n) is 5.73. The Morgan fingerprint density at radius 2 is 1.00 bits per heavy atom.